The third-order valence-corrected chi connectivity index (χ3v) is 4.54. The molecular weight excluding hydrogens is 363 g/mol. The zero-order valence-corrected chi connectivity index (χ0v) is 16.0. The van der Waals surface area contributed by atoms with Crippen molar-refractivity contribution in [1.82, 2.24) is 9.97 Å². The van der Waals surface area contributed by atoms with Gasteiger partial charge in [-0.2, -0.15) is 0 Å². The summed E-state index contributed by atoms with van der Waals surface area (Å²) in [5.41, 5.74) is 2.61. The molecule has 7 nitrogen and oxygen atoms in total. The molecular formula is C20H25FN4O3. The van der Waals surface area contributed by atoms with Crippen molar-refractivity contribution in [2.45, 2.75) is 25.9 Å². The smallest absolute Gasteiger partial charge is 0.225 e. The van der Waals surface area contributed by atoms with Gasteiger partial charge in [0.15, 0.2) is 0 Å². The quantitative estimate of drug-likeness (QED) is 0.553. The number of ether oxygens (including phenoxy) is 1. The van der Waals surface area contributed by atoms with Gasteiger partial charge in [0.2, 0.25) is 5.95 Å². The van der Waals surface area contributed by atoms with Crippen LogP contribution in [0.1, 0.15) is 24.8 Å². The number of nitrogens with zero attached hydrogens (tertiary/aromatic N) is 4. The van der Waals surface area contributed by atoms with Gasteiger partial charge in [-0.25, -0.2) is 14.4 Å². The molecule has 0 spiro atoms. The standard InChI is InChI=1S/C20H25FN4O3/c1-27-14-15-4-2-5-18(19(15)21)16-12-22-20(23-13-16)25-8-6-17(7-9-25)24-28-11-3-10-26/h2,4-5,12-13,26H,3,6-11,14H2,1H3. The molecule has 1 aliphatic rings. The summed E-state index contributed by atoms with van der Waals surface area (Å²) >= 11 is 0. The third-order valence-electron chi connectivity index (χ3n) is 4.54. The second-order valence-corrected chi connectivity index (χ2v) is 6.54. The highest BCUT2D eigenvalue weighted by Crippen LogP contribution is 2.25. The predicted molar refractivity (Wildman–Crippen MR) is 105 cm³/mol. The van der Waals surface area contributed by atoms with Crippen LogP contribution in [0.5, 0.6) is 0 Å². The van der Waals surface area contributed by atoms with Crippen LogP contribution in [0.25, 0.3) is 11.1 Å². The van der Waals surface area contributed by atoms with Crippen molar-refractivity contribution in [2.75, 3.05) is 38.3 Å². The largest absolute Gasteiger partial charge is 0.396 e. The first kappa shape index (κ1) is 20.2. The molecule has 1 fully saturated rings. The van der Waals surface area contributed by atoms with Crippen molar-refractivity contribution >= 4 is 11.7 Å². The maximum atomic E-state index is 14.6. The molecule has 0 saturated carbocycles. The number of halogens is 1. The Hall–Kier alpha value is -2.58. The first-order chi connectivity index (χ1) is 13.7. The van der Waals surface area contributed by atoms with Crippen LogP contribution in [0.4, 0.5) is 10.3 Å². The lowest BCUT2D eigenvalue weighted by Crippen LogP contribution is -2.35. The van der Waals surface area contributed by atoms with E-state index in [9.17, 15) is 4.39 Å². The van der Waals surface area contributed by atoms with Crippen molar-refractivity contribution in [3.63, 3.8) is 0 Å². The van der Waals surface area contributed by atoms with Crippen molar-refractivity contribution in [2.24, 2.45) is 5.16 Å². The van der Waals surface area contributed by atoms with Gasteiger partial charge < -0.3 is 19.6 Å². The topological polar surface area (TPSA) is 80.1 Å². The molecule has 3 rings (SSSR count). The Kier molecular flexibility index (Phi) is 7.27. The van der Waals surface area contributed by atoms with E-state index < -0.39 is 0 Å². The summed E-state index contributed by atoms with van der Waals surface area (Å²) in [6.07, 6.45) is 5.44. The van der Waals surface area contributed by atoms with Crippen LogP contribution in [0.15, 0.2) is 35.7 Å². The van der Waals surface area contributed by atoms with E-state index in [1.807, 2.05) is 0 Å². The Morgan fingerprint density at radius 3 is 2.64 bits per heavy atom. The highest BCUT2D eigenvalue weighted by atomic mass is 19.1. The Bertz CT molecular complexity index is 789. The van der Waals surface area contributed by atoms with E-state index in [4.69, 9.17) is 14.7 Å². The minimum absolute atomic E-state index is 0.104. The zero-order chi connectivity index (χ0) is 19.8. The van der Waals surface area contributed by atoms with Crippen LogP contribution in [-0.4, -0.2) is 54.2 Å². The maximum Gasteiger partial charge on any atom is 0.225 e. The first-order valence-corrected chi connectivity index (χ1v) is 9.35. The molecule has 28 heavy (non-hydrogen) atoms. The van der Waals surface area contributed by atoms with E-state index >= 15 is 0 Å². The van der Waals surface area contributed by atoms with Crippen LogP contribution in [0.2, 0.25) is 0 Å². The van der Waals surface area contributed by atoms with E-state index in [1.54, 1.807) is 37.7 Å². The fraction of sp³-hybridized carbons (Fsp3) is 0.450. The van der Waals surface area contributed by atoms with Gasteiger partial charge in [0, 0.05) is 75.2 Å². The fourth-order valence-electron chi connectivity index (χ4n) is 3.02. The number of piperidine rings is 1. The Balaban J connectivity index is 1.62. The number of hydrogen-bond donors (Lipinski definition) is 1. The number of aliphatic hydroxyl groups excluding tert-OH is 1. The van der Waals surface area contributed by atoms with E-state index in [1.165, 1.54) is 0 Å². The van der Waals surface area contributed by atoms with Gasteiger partial charge in [0.05, 0.1) is 12.3 Å². The summed E-state index contributed by atoms with van der Waals surface area (Å²) < 4.78 is 19.6. The number of aromatic nitrogens is 2. The van der Waals surface area contributed by atoms with Crippen molar-refractivity contribution in [3.8, 4) is 11.1 Å². The molecule has 0 bridgehead atoms. The molecule has 1 aromatic heterocycles. The summed E-state index contributed by atoms with van der Waals surface area (Å²) in [6.45, 7) is 2.25. The van der Waals surface area contributed by atoms with Crippen LogP contribution < -0.4 is 4.90 Å². The molecule has 0 atom stereocenters. The minimum atomic E-state index is -0.305. The van der Waals surface area contributed by atoms with Gasteiger partial charge in [-0.3, -0.25) is 0 Å². The highest BCUT2D eigenvalue weighted by Gasteiger charge is 2.18. The third kappa shape index (κ3) is 5.02. The normalized spacial score (nSPS) is 14.2. The molecule has 0 aliphatic carbocycles. The Morgan fingerprint density at radius 2 is 1.96 bits per heavy atom. The molecule has 1 aliphatic heterocycles. The second-order valence-electron chi connectivity index (χ2n) is 6.54. The SMILES string of the molecule is COCc1cccc(-c2cnc(N3CCC(=NOCCCO)CC3)nc2)c1F. The molecule has 8 heteroatoms. The minimum Gasteiger partial charge on any atom is -0.396 e. The van der Waals surface area contributed by atoms with Crippen molar-refractivity contribution < 1.29 is 19.1 Å². The predicted octanol–water partition coefficient (Wildman–Crippen LogP) is 2.78. The van der Waals surface area contributed by atoms with Gasteiger partial charge in [-0.1, -0.05) is 23.4 Å². The summed E-state index contributed by atoms with van der Waals surface area (Å²) in [5, 5.41) is 12.9. The molecule has 1 N–H and O–H groups in total. The molecule has 0 unspecified atom stereocenters. The number of rotatable bonds is 8. The average Bonchev–Trinajstić information content (AvgIpc) is 2.74. The molecule has 2 aromatic rings. The molecule has 1 saturated heterocycles. The van der Waals surface area contributed by atoms with E-state index in [-0.39, 0.29) is 19.0 Å². The van der Waals surface area contributed by atoms with Crippen molar-refractivity contribution in [3.05, 3.63) is 42.0 Å². The Labute approximate surface area is 163 Å². The first-order valence-electron chi connectivity index (χ1n) is 9.35. The lowest BCUT2D eigenvalue weighted by atomic mass is 10.1. The van der Waals surface area contributed by atoms with Gasteiger partial charge >= 0.3 is 0 Å². The second kappa shape index (κ2) is 10.1. The number of oxime groups is 1. The number of benzene rings is 1. The summed E-state index contributed by atoms with van der Waals surface area (Å²) in [5.74, 6) is 0.318. The van der Waals surface area contributed by atoms with Gasteiger partial charge in [-0.05, 0) is 0 Å². The highest BCUT2D eigenvalue weighted by molar-refractivity contribution is 5.86. The molecule has 0 radical (unpaired) electrons. The van der Waals surface area contributed by atoms with Crippen LogP contribution in [0.3, 0.4) is 0 Å². The number of hydrogen-bond acceptors (Lipinski definition) is 7. The Morgan fingerprint density at radius 1 is 1.21 bits per heavy atom. The summed E-state index contributed by atoms with van der Waals surface area (Å²) in [4.78, 5) is 16.1. The molecule has 1 aromatic carbocycles. The zero-order valence-electron chi connectivity index (χ0n) is 16.0. The van der Waals surface area contributed by atoms with Crippen LogP contribution >= 0.6 is 0 Å². The molecule has 2 heterocycles. The number of methoxy groups -OCH3 is 1. The van der Waals surface area contributed by atoms with E-state index in [2.05, 4.69) is 20.0 Å². The van der Waals surface area contributed by atoms with Crippen molar-refractivity contribution in [1.29, 1.82) is 0 Å². The molecule has 0 amide bonds. The van der Waals surface area contributed by atoms with Gasteiger partial charge in [0.1, 0.15) is 12.4 Å². The number of anilines is 1. The van der Waals surface area contributed by atoms with E-state index in [0.29, 0.717) is 35.7 Å². The van der Waals surface area contributed by atoms with Gasteiger partial charge in [-0.15, -0.1) is 0 Å². The fourth-order valence-corrected chi connectivity index (χ4v) is 3.02. The van der Waals surface area contributed by atoms with Gasteiger partial charge in [0.25, 0.3) is 0 Å². The van der Waals surface area contributed by atoms with Crippen LogP contribution in [0, 0.1) is 5.82 Å². The van der Waals surface area contributed by atoms with E-state index in [0.717, 1.165) is 31.6 Å². The average molecular weight is 388 g/mol. The lowest BCUT2D eigenvalue weighted by molar-refractivity contribution is 0.122. The molecule has 150 valence electrons. The monoisotopic (exact) mass is 388 g/mol. The van der Waals surface area contributed by atoms with Crippen LogP contribution in [-0.2, 0) is 16.2 Å². The summed E-state index contributed by atoms with van der Waals surface area (Å²) in [6, 6.07) is 5.22. The maximum absolute atomic E-state index is 14.6. The summed E-state index contributed by atoms with van der Waals surface area (Å²) in [7, 11) is 1.54. The number of aliphatic hydroxyl groups is 1. The lowest BCUT2D eigenvalue weighted by Gasteiger charge is -2.27.